The lowest BCUT2D eigenvalue weighted by Crippen LogP contribution is -2.19. The van der Waals surface area contributed by atoms with Gasteiger partial charge in [-0.05, 0) is 6.42 Å². The summed E-state index contributed by atoms with van der Waals surface area (Å²) < 4.78 is 7.37. The summed E-state index contributed by atoms with van der Waals surface area (Å²) in [6, 6.07) is 0. The lowest BCUT2D eigenvalue weighted by atomic mass is 10.1. The fourth-order valence-electron chi connectivity index (χ4n) is 2.41. The number of fused-ring (bicyclic) bond motifs is 1. The van der Waals surface area contributed by atoms with E-state index >= 15 is 0 Å². The molecule has 8 heteroatoms. The van der Waals surface area contributed by atoms with Crippen molar-refractivity contribution in [2.75, 3.05) is 5.73 Å². The Morgan fingerprint density at radius 2 is 2.47 bits per heavy atom. The molecule has 8 nitrogen and oxygen atoms in total. The normalized spacial score (nSPS) is 27.2. The Morgan fingerprint density at radius 1 is 1.68 bits per heavy atom. The third kappa shape index (κ3) is 1.89. The van der Waals surface area contributed by atoms with Gasteiger partial charge in [0.15, 0.2) is 11.2 Å². The second-order valence-electron chi connectivity index (χ2n) is 4.62. The molecule has 19 heavy (non-hydrogen) atoms. The van der Waals surface area contributed by atoms with Gasteiger partial charge in [-0.3, -0.25) is 14.3 Å². The van der Waals surface area contributed by atoms with E-state index in [4.69, 9.17) is 10.5 Å². The number of nitrogens with two attached hydrogens (primary N) is 1. The number of anilines is 1. The minimum atomic E-state index is -0.521. The molecule has 3 atom stereocenters. The molecule has 3 unspecified atom stereocenters. The van der Waals surface area contributed by atoms with Gasteiger partial charge in [-0.1, -0.05) is 6.92 Å². The fourth-order valence-corrected chi connectivity index (χ4v) is 2.41. The number of hydrogen-bond donors (Lipinski definition) is 3. The number of aliphatic hydroxyl groups excluding tert-OH is 1. The van der Waals surface area contributed by atoms with E-state index in [0.717, 1.165) is 6.42 Å². The van der Waals surface area contributed by atoms with E-state index < -0.39 is 6.10 Å². The van der Waals surface area contributed by atoms with Gasteiger partial charge in [0.05, 0.1) is 18.5 Å². The number of imidazole rings is 1. The molecule has 1 aliphatic heterocycles. The number of aliphatic hydroxyl groups is 1. The van der Waals surface area contributed by atoms with Crippen molar-refractivity contribution in [1.82, 2.24) is 19.5 Å². The molecule has 1 saturated heterocycles. The van der Waals surface area contributed by atoms with Gasteiger partial charge in [-0.2, -0.15) is 4.98 Å². The quantitative estimate of drug-likeness (QED) is 0.689. The number of rotatable bonds is 2. The van der Waals surface area contributed by atoms with E-state index in [1.165, 1.54) is 6.33 Å². The van der Waals surface area contributed by atoms with E-state index in [9.17, 15) is 9.90 Å². The molecule has 0 aliphatic carbocycles. The SMILES string of the molecule is CCC1OC(n2cnc3c(=O)[nH]c(N)nc32)CC1O. The maximum Gasteiger partial charge on any atom is 0.280 e. The minimum Gasteiger partial charge on any atom is -0.390 e. The van der Waals surface area contributed by atoms with Gasteiger partial charge in [0.1, 0.15) is 6.23 Å². The second kappa shape index (κ2) is 4.32. The van der Waals surface area contributed by atoms with Gasteiger partial charge < -0.3 is 15.6 Å². The van der Waals surface area contributed by atoms with Crippen LogP contribution in [0, 0.1) is 0 Å². The molecule has 0 radical (unpaired) electrons. The Morgan fingerprint density at radius 3 is 3.16 bits per heavy atom. The number of nitrogen functional groups attached to an aromatic ring is 1. The molecule has 1 aliphatic rings. The fraction of sp³-hybridized carbons (Fsp3) is 0.545. The van der Waals surface area contributed by atoms with Crippen molar-refractivity contribution >= 4 is 17.1 Å². The van der Waals surface area contributed by atoms with Crippen LogP contribution in [0.4, 0.5) is 5.95 Å². The van der Waals surface area contributed by atoms with Gasteiger partial charge in [0.2, 0.25) is 5.95 Å². The number of hydrogen-bond acceptors (Lipinski definition) is 6. The Hall–Kier alpha value is -1.93. The van der Waals surface area contributed by atoms with E-state index in [1.54, 1.807) is 4.57 Å². The molecule has 0 aromatic carbocycles. The highest BCUT2D eigenvalue weighted by Gasteiger charge is 2.34. The summed E-state index contributed by atoms with van der Waals surface area (Å²) >= 11 is 0. The zero-order valence-electron chi connectivity index (χ0n) is 10.4. The first kappa shape index (κ1) is 12.1. The van der Waals surface area contributed by atoms with Gasteiger partial charge >= 0.3 is 0 Å². The van der Waals surface area contributed by atoms with Crippen molar-refractivity contribution in [2.24, 2.45) is 0 Å². The van der Waals surface area contributed by atoms with E-state index in [-0.39, 0.29) is 29.4 Å². The van der Waals surface area contributed by atoms with E-state index in [2.05, 4.69) is 15.0 Å². The standard InChI is InChI=1S/C11H15N5O3/c1-2-6-5(17)3-7(19-6)16-4-13-8-9(16)14-11(12)15-10(8)18/h4-7,17H,2-3H2,1H3,(H3,12,14,15,18). The highest BCUT2D eigenvalue weighted by molar-refractivity contribution is 5.70. The summed E-state index contributed by atoms with van der Waals surface area (Å²) in [4.78, 5) is 22.2. The van der Waals surface area contributed by atoms with Gasteiger partial charge in [-0.15, -0.1) is 0 Å². The highest BCUT2D eigenvalue weighted by atomic mass is 16.5. The van der Waals surface area contributed by atoms with Crippen LogP contribution in [0.15, 0.2) is 11.1 Å². The lowest BCUT2D eigenvalue weighted by molar-refractivity contribution is -0.0183. The predicted molar refractivity (Wildman–Crippen MR) is 67.4 cm³/mol. The summed E-state index contributed by atoms with van der Waals surface area (Å²) in [5.74, 6) is 0.0323. The highest BCUT2D eigenvalue weighted by Crippen LogP contribution is 2.31. The van der Waals surface area contributed by atoms with E-state index in [1.807, 2.05) is 6.92 Å². The molecule has 0 bridgehead atoms. The van der Waals surface area contributed by atoms with Gasteiger partial charge in [-0.25, -0.2) is 4.98 Å². The third-order valence-corrected chi connectivity index (χ3v) is 3.37. The zero-order chi connectivity index (χ0) is 13.6. The van der Waals surface area contributed by atoms with Crippen molar-refractivity contribution in [1.29, 1.82) is 0 Å². The van der Waals surface area contributed by atoms with Crippen molar-refractivity contribution in [3.63, 3.8) is 0 Å². The lowest BCUT2D eigenvalue weighted by Gasteiger charge is -2.13. The van der Waals surface area contributed by atoms with E-state index in [0.29, 0.717) is 12.1 Å². The number of nitrogens with zero attached hydrogens (tertiary/aromatic N) is 3. The smallest absolute Gasteiger partial charge is 0.280 e. The maximum atomic E-state index is 11.7. The summed E-state index contributed by atoms with van der Waals surface area (Å²) in [5, 5.41) is 9.87. The van der Waals surface area contributed by atoms with Crippen molar-refractivity contribution in [3.05, 3.63) is 16.7 Å². The first-order valence-electron chi connectivity index (χ1n) is 6.16. The first-order chi connectivity index (χ1) is 9.10. The monoisotopic (exact) mass is 265 g/mol. The molecule has 0 spiro atoms. The molecule has 3 heterocycles. The van der Waals surface area contributed by atoms with Crippen LogP contribution in [0.2, 0.25) is 0 Å². The number of aromatic nitrogens is 4. The zero-order valence-corrected chi connectivity index (χ0v) is 10.4. The summed E-state index contributed by atoms with van der Waals surface area (Å²) in [7, 11) is 0. The Kier molecular flexibility index (Phi) is 2.76. The molecular formula is C11H15N5O3. The Labute approximate surface area is 108 Å². The second-order valence-corrected chi connectivity index (χ2v) is 4.62. The van der Waals surface area contributed by atoms with Crippen LogP contribution in [0.25, 0.3) is 11.2 Å². The number of aromatic amines is 1. The summed E-state index contributed by atoms with van der Waals surface area (Å²) in [6.07, 6.45) is 1.55. The van der Waals surface area contributed by atoms with Crippen LogP contribution in [0.5, 0.6) is 0 Å². The molecule has 0 amide bonds. The molecule has 2 aromatic heterocycles. The maximum absolute atomic E-state index is 11.7. The predicted octanol–water partition coefficient (Wildman–Crippen LogP) is -0.240. The molecule has 0 saturated carbocycles. The number of H-pyrrole nitrogens is 1. The van der Waals surface area contributed by atoms with Crippen LogP contribution in [0.1, 0.15) is 26.0 Å². The molecule has 4 N–H and O–H groups in total. The van der Waals surface area contributed by atoms with Crippen molar-refractivity contribution in [2.45, 2.75) is 38.2 Å². The Bertz CT molecular complexity index is 664. The molecule has 102 valence electrons. The molecule has 3 rings (SSSR count). The Balaban J connectivity index is 2.05. The third-order valence-electron chi connectivity index (χ3n) is 3.37. The minimum absolute atomic E-state index is 0.0323. The molecular weight excluding hydrogens is 250 g/mol. The average Bonchev–Trinajstić information content (AvgIpc) is 2.92. The first-order valence-corrected chi connectivity index (χ1v) is 6.16. The van der Waals surface area contributed by atoms with Crippen molar-refractivity contribution < 1.29 is 9.84 Å². The topological polar surface area (TPSA) is 119 Å². The van der Waals surface area contributed by atoms with Crippen LogP contribution in [-0.2, 0) is 4.74 Å². The van der Waals surface area contributed by atoms with Crippen LogP contribution >= 0.6 is 0 Å². The van der Waals surface area contributed by atoms with Gasteiger partial charge in [0.25, 0.3) is 5.56 Å². The van der Waals surface area contributed by atoms with Crippen LogP contribution in [-0.4, -0.2) is 36.8 Å². The molecule has 1 fully saturated rings. The number of nitrogens with one attached hydrogen (secondary N) is 1. The average molecular weight is 265 g/mol. The number of ether oxygens (including phenoxy) is 1. The molecule has 2 aromatic rings. The van der Waals surface area contributed by atoms with Crippen LogP contribution < -0.4 is 11.3 Å². The van der Waals surface area contributed by atoms with Crippen LogP contribution in [0.3, 0.4) is 0 Å². The summed E-state index contributed by atoms with van der Waals surface area (Å²) in [6.45, 7) is 1.95. The van der Waals surface area contributed by atoms with Gasteiger partial charge in [0, 0.05) is 6.42 Å². The summed E-state index contributed by atoms with van der Waals surface area (Å²) in [5.41, 5.74) is 5.74. The van der Waals surface area contributed by atoms with Crippen molar-refractivity contribution in [3.8, 4) is 0 Å². The largest absolute Gasteiger partial charge is 0.390 e.